The van der Waals surface area contributed by atoms with Crippen molar-refractivity contribution in [3.8, 4) is 0 Å². The zero-order chi connectivity index (χ0) is 10.1. The van der Waals surface area contributed by atoms with Crippen LogP contribution >= 0.6 is 0 Å². The Hall–Kier alpha value is -0.900. The molecule has 0 aromatic carbocycles. The van der Waals surface area contributed by atoms with Crippen molar-refractivity contribution in [1.29, 1.82) is 0 Å². The Balaban J connectivity index is 1.87. The van der Waals surface area contributed by atoms with Crippen molar-refractivity contribution in [2.45, 2.75) is 51.1 Å². The van der Waals surface area contributed by atoms with Crippen molar-refractivity contribution < 1.29 is 0 Å². The maximum absolute atomic E-state index is 4.39. The lowest BCUT2D eigenvalue weighted by Crippen LogP contribution is -2.29. The first-order valence-electron chi connectivity index (χ1n) is 6.08. The first-order valence-corrected chi connectivity index (χ1v) is 6.08. The quantitative estimate of drug-likeness (QED) is 0.756. The van der Waals surface area contributed by atoms with Gasteiger partial charge in [0.1, 0.15) is 11.6 Å². The van der Waals surface area contributed by atoms with Crippen LogP contribution in [0, 0.1) is 0 Å². The van der Waals surface area contributed by atoms with Crippen LogP contribution in [-0.4, -0.2) is 21.3 Å². The second-order valence-corrected chi connectivity index (χ2v) is 4.64. The van der Waals surface area contributed by atoms with E-state index in [0.29, 0.717) is 5.92 Å². The summed E-state index contributed by atoms with van der Waals surface area (Å²) in [6.45, 7) is 3.00. The molecular formula is C11H18N4. The van der Waals surface area contributed by atoms with Gasteiger partial charge in [0.25, 0.3) is 0 Å². The summed E-state index contributed by atoms with van der Waals surface area (Å²) < 4.78 is 2.34. The van der Waals surface area contributed by atoms with Gasteiger partial charge in [0.05, 0.1) is 6.54 Å². The van der Waals surface area contributed by atoms with Crippen molar-refractivity contribution in [2.24, 2.45) is 0 Å². The smallest absolute Gasteiger partial charge is 0.147 e. The van der Waals surface area contributed by atoms with Crippen LogP contribution in [0.4, 0.5) is 0 Å². The van der Waals surface area contributed by atoms with Crippen LogP contribution in [0.2, 0.25) is 0 Å². The fraction of sp³-hybridized carbons (Fsp3) is 0.818. The first-order chi connectivity index (χ1) is 7.45. The average Bonchev–Trinajstić information content (AvgIpc) is 2.74. The standard InChI is InChI=1S/C11H18N4/c1-2-4-9(5-3-1)11-14-13-10-8-12-6-7-15(10)11/h9,12H,1-8H2. The molecule has 0 saturated heterocycles. The van der Waals surface area contributed by atoms with E-state index in [1.165, 1.54) is 37.9 Å². The molecule has 0 atom stereocenters. The molecule has 0 bridgehead atoms. The van der Waals surface area contributed by atoms with E-state index in [0.717, 1.165) is 25.5 Å². The molecule has 0 amide bonds. The van der Waals surface area contributed by atoms with E-state index < -0.39 is 0 Å². The lowest BCUT2D eigenvalue weighted by molar-refractivity contribution is 0.402. The van der Waals surface area contributed by atoms with E-state index in [1.807, 2.05) is 0 Å². The van der Waals surface area contributed by atoms with E-state index in [4.69, 9.17) is 0 Å². The van der Waals surface area contributed by atoms with E-state index in [-0.39, 0.29) is 0 Å². The number of hydrogen-bond donors (Lipinski definition) is 1. The molecule has 4 heteroatoms. The number of fused-ring (bicyclic) bond motifs is 1. The molecule has 0 unspecified atom stereocenters. The van der Waals surface area contributed by atoms with Gasteiger partial charge in [0.15, 0.2) is 0 Å². The van der Waals surface area contributed by atoms with Crippen LogP contribution in [0.15, 0.2) is 0 Å². The molecule has 1 fully saturated rings. The predicted molar refractivity (Wildman–Crippen MR) is 57.6 cm³/mol. The van der Waals surface area contributed by atoms with Crippen LogP contribution in [-0.2, 0) is 13.1 Å². The van der Waals surface area contributed by atoms with Crippen molar-refractivity contribution in [3.63, 3.8) is 0 Å². The summed E-state index contributed by atoms with van der Waals surface area (Å²) in [7, 11) is 0. The molecule has 0 radical (unpaired) electrons. The number of nitrogens with zero attached hydrogens (tertiary/aromatic N) is 3. The van der Waals surface area contributed by atoms with Crippen molar-refractivity contribution in [3.05, 3.63) is 11.6 Å². The Morgan fingerprint density at radius 2 is 2.00 bits per heavy atom. The van der Waals surface area contributed by atoms with Crippen molar-refractivity contribution in [1.82, 2.24) is 20.1 Å². The molecule has 1 aromatic heterocycles. The first kappa shape index (κ1) is 9.33. The number of nitrogens with one attached hydrogen (secondary N) is 1. The van der Waals surface area contributed by atoms with Gasteiger partial charge < -0.3 is 9.88 Å². The van der Waals surface area contributed by atoms with Gasteiger partial charge in [-0.15, -0.1) is 10.2 Å². The van der Waals surface area contributed by atoms with Gasteiger partial charge in [-0.3, -0.25) is 0 Å². The fourth-order valence-corrected chi connectivity index (χ4v) is 2.78. The number of hydrogen-bond acceptors (Lipinski definition) is 3. The molecule has 4 nitrogen and oxygen atoms in total. The number of aromatic nitrogens is 3. The lowest BCUT2D eigenvalue weighted by Gasteiger charge is -2.23. The molecule has 82 valence electrons. The van der Waals surface area contributed by atoms with Crippen LogP contribution in [0.5, 0.6) is 0 Å². The minimum atomic E-state index is 0.679. The highest BCUT2D eigenvalue weighted by molar-refractivity contribution is 5.04. The zero-order valence-electron chi connectivity index (χ0n) is 9.08. The highest BCUT2D eigenvalue weighted by Crippen LogP contribution is 2.32. The highest BCUT2D eigenvalue weighted by atomic mass is 15.3. The van der Waals surface area contributed by atoms with Gasteiger partial charge in [-0.05, 0) is 12.8 Å². The maximum Gasteiger partial charge on any atom is 0.147 e. The Morgan fingerprint density at radius 1 is 1.13 bits per heavy atom. The van der Waals surface area contributed by atoms with Gasteiger partial charge >= 0.3 is 0 Å². The average molecular weight is 206 g/mol. The monoisotopic (exact) mass is 206 g/mol. The molecule has 15 heavy (non-hydrogen) atoms. The Labute approximate surface area is 90.1 Å². The Morgan fingerprint density at radius 3 is 2.87 bits per heavy atom. The Bertz CT molecular complexity index is 338. The van der Waals surface area contributed by atoms with Gasteiger partial charge in [-0.2, -0.15) is 0 Å². The summed E-state index contributed by atoms with van der Waals surface area (Å²) in [5, 5.41) is 12.0. The van der Waals surface area contributed by atoms with Gasteiger partial charge in [-0.1, -0.05) is 19.3 Å². The maximum atomic E-state index is 4.39. The molecule has 2 heterocycles. The lowest BCUT2D eigenvalue weighted by atomic mass is 9.88. The van der Waals surface area contributed by atoms with Crippen molar-refractivity contribution in [2.75, 3.05) is 6.54 Å². The van der Waals surface area contributed by atoms with E-state index in [1.54, 1.807) is 0 Å². The summed E-state index contributed by atoms with van der Waals surface area (Å²) in [4.78, 5) is 0. The molecule has 1 aliphatic heterocycles. The molecule has 2 aliphatic rings. The molecule has 1 saturated carbocycles. The molecule has 1 N–H and O–H groups in total. The van der Waals surface area contributed by atoms with Gasteiger partial charge in [0.2, 0.25) is 0 Å². The third kappa shape index (κ3) is 1.67. The molecular weight excluding hydrogens is 188 g/mol. The van der Waals surface area contributed by atoms with Crippen LogP contribution in [0.3, 0.4) is 0 Å². The van der Waals surface area contributed by atoms with E-state index >= 15 is 0 Å². The summed E-state index contributed by atoms with van der Waals surface area (Å²) in [5.41, 5.74) is 0. The predicted octanol–water partition coefficient (Wildman–Crippen LogP) is 1.43. The topological polar surface area (TPSA) is 42.7 Å². The van der Waals surface area contributed by atoms with Gasteiger partial charge in [-0.25, -0.2) is 0 Å². The molecule has 1 aromatic rings. The molecule has 3 rings (SSSR count). The number of rotatable bonds is 1. The SMILES string of the molecule is C1CCC(c2nnc3n2CCNC3)CC1. The third-order valence-electron chi connectivity index (χ3n) is 3.62. The van der Waals surface area contributed by atoms with Crippen LogP contribution in [0.25, 0.3) is 0 Å². The summed E-state index contributed by atoms with van der Waals surface area (Å²) in [6, 6.07) is 0. The van der Waals surface area contributed by atoms with E-state index in [9.17, 15) is 0 Å². The fourth-order valence-electron chi connectivity index (χ4n) is 2.78. The second kappa shape index (κ2) is 3.93. The summed E-state index contributed by atoms with van der Waals surface area (Å²) in [5.74, 6) is 3.06. The highest BCUT2D eigenvalue weighted by Gasteiger charge is 2.23. The minimum absolute atomic E-state index is 0.679. The molecule has 1 aliphatic carbocycles. The summed E-state index contributed by atoms with van der Waals surface area (Å²) >= 11 is 0. The largest absolute Gasteiger partial charge is 0.312 e. The van der Waals surface area contributed by atoms with Crippen LogP contribution in [0.1, 0.15) is 49.7 Å². The van der Waals surface area contributed by atoms with Crippen LogP contribution < -0.4 is 5.32 Å². The molecule has 0 spiro atoms. The minimum Gasteiger partial charge on any atom is -0.312 e. The van der Waals surface area contributed by atoms with Crippen molar-refractivity contribution >= 4 is 0 Å². The normalized spacial score (nSPS) is 22.7. The summed E-state index contributed by atoms with van der Waals surface area (Å²) in [6.07, 6.45) is 6.76. The second-order valence-electron chi connectivity index (χ2n) is 4.64. The van der Waals surface area contributed by atoms with Gasteiger partial charge in [0, 0.05) is 19.0 Å². The zero-order valence-corrected chi connectivity index (χ0v) is 9.08. The third-order valence-corrected chi connectivity index (χ3v) is 3.62. The van der Waals surface area contributed by atoms with E-state index in [2.05, 4.69) is 20.1 Å². The Kier molecular flexibility index (Phi) is 2.44.